The number of hydrogen-bond acceptors (Lipinski definition) is 6. The molecule has 10 heteroatoms. The number of amides is 5. The number of hydrogen-bond donors (Lipinski definition) is 2. The molecule has 2 aromatic rings. The Morgan fingerprint density at radius 1 is 1.19 bits per heavy atom. The van der Waals surface area contributed by atoms with Gasteiger partial charge in [-0.05, 0) is 13.0 Å². The highest BCUT2D eigenvalue weighted by molar-refractivity contribution is 7.23. The highest BCUT2D eigenvalue weighted by Gasteiger charge is 2.47. The molecule has 1 spiro atoms. The summed E-state index contributed by atoms with van der Waals surface area (Å²) in [5.41, 5.74) is -0.398. The molecule has 0 aliphatic carbocycles. The molecule has 3 heterocycles. The van der Waals surface area contributed by atoms with E-state index in [1.165, 1.54) is 18.4 Å². The Morgan fingerprint density at radius 2 is 1.90 bits per heavy atom. The first-order valence-corrected chi connectivity index (χ1v) is 11.0. The molecule has 5 amide bonds. The number of nitrogens with one attached hydrogen (secondary N) is 2. The second kappa shape index (κ2) is 8.18. The van der Waals surface area contributed by atoms with Crippen LogP contribution in [0.4, 0.5) is 14.6 Å². The molecule has 31 heavy (non-hydrogen) atoms. The van der Waals surface area contributed by atoms with Gasteiger partial charge in [0, 0.05) is 49.6 Å². The van der Waals surface area contributed by atoms with E-state index in [1.807, 2.05) is 24.3 Å². The van der Waals surface area contributed by atoms with Gasteiger partial charge in [-0.1, -0.05) is 18.2 Å². The summed E-state index contributed by atoms with van der Waals surface area (Å²) >= 11 is 1.35. The van der Waals surface area contributed by atoms with Gasteiger partial charge in [0.15, 0.2) is 0 Å². The van der Waals surface area contributed by atoms with Gasteiger partial charge in [-0.3, -0.25) is 14.9 Å². The lowest BCUT2D eigenvalue weighted by Gasteiger charge is -2.44. The van der Waals surface area contributed by atoms with Crippen LogP contribution in [0.1, 0.15) is 36.5 Å². The third kappa shape index (κ3) is 3.83. The topological polar surface area (TPSA) is 108 Å². The number of thiophene rings is 1. The zero-order valence-corrected chi connectivity index (χ0v) is 18.2. The van der Waals surface area contributed by atoms with Crippen molar-refractivity contribution in [1.82, 2.24) is 15.1 Å². The molecule has 9 nitrogen and oxygen atoms in total. The number of fused-ring (bicyclic) bond motifs is 1. The van der Waals surface area contributed by atoms with Crippen molar-refractivity contribution in [3.63, 3.8) is 0 Å². The molecule has 2 saturated heterocycles. The van der Waals surface area contributed by atoms with Crippen LogP contribution in [0.3, 0.4) is 0 Å². The van der Waals surface area contributed by atoms with Crippen LogP contribution in [-0.2, 0) is 9.53 Å². The fraction of sp³-hybridized carbons (Fsp3) is 0.429. The van der Waals surface area contributed by atoms with E-state index < -0.39 is 17.7 Å². The number of piperidine rings is 1. The molecule has 0 bridgehead atoms. The van der Waals surface area contributed by atoms with Gasteiger partial charge in [-0.25, -0.2) is 14.5 Å². The molecule has 164 valence electrons. The van der Waals surface area contributed by atoms with Crippen LogP contribution in [0.2, 0.25) is 0 Å². The Morgan fingerprint density at radius 3 is 2.55 bits per heavy atom. The number of carbonyl (C=O) groups is 4. The SMILES string of the molecule is CCN1C(=O)CC2(CCN(C(=O)c3c(NC(=O)NC)sc4ccccc34)CC2)OC1=O. The highest BCUT2D eigenvalue weighted by atomic mass is 32.1. The van der Waals surface area contributed by atoms with Crippen molar-refractivity contribution in [3.8, 4) is 0 Å². The second-order valence-corrected chi connectivity index (χ2v) is 8.72. The summed E-state index contributed by atoms with van der Waals surface area (Å²) in [6.07, 6.45) is 0.320. The van der Waals surface area contributed by atoms with Crippen LogP contribution in [0, 0.1) is 0 Å². The molecule has 1 aromatic carbocycles. The quantitative estimate of drug-likeness (QED) is 0.757. The van der Waals surface area contributed by atoms with Crippen molar-refractivity contribution in [2.24, 2.45) is 0 Å². The van der Waals surface area contributed by atoms with E-state index >= 15 is 0 Å². The molecule has 0 radical (unpaired) electrons. The van der Waals surface area contributed by atoms with Crippen LogP contribution in [0.15, 0.2) is 24.3 Å². The van der Waals surface area contributed by atoms with Crippen molar-refractivity contribution in [2.45, 2.75) is 31.8 Å². The summed E-state index contributed by atoms with van der Waals surface area (Å²) in [6.45, 7) is 2.73. The van der Waals surface area contributed by atoms with Gasteiger partial charge in [0.1, 0.15) is 10.6 Å². The molecule has 2 aliphatic heterocycles. The minimum atomic E-state index is -0.851. The first-order valence-electron chi connectivity index (χ1n) is 10.2. The average molecular weight is 445 g/mol. The summed E-state index contributed by atoms with van der Waals surface area (Å²) in [4.78, 5) is 52.7. The van der Waals surface area contributed by atoms with Gasteiger partial charge < -0.3 is 15.0 Å². The monoisotopic (exact) mass is 444 g/mol. The Balaban J connectivity index is 1.55. The van der Waals surface area contributed by atoms with Crippen molar-refractivity contribution < 1.29 is 23.9 Å². The van der Waals surface area contributed by atoms with Crippen LogP contribution in [0.5, 0.6) is 0 Å². The van der Waals surface area contributed by atoms with Crippen LogP contribution in [-0.4, -0.2) is 66.0 Å². The van der Waals surface area contributed by atoms with Crippen molar-refractivity contribution in [3.05, 3.63) is 29.8 Å². The lowest BCUT2D eigenvalue weighted by molar-refractivity contribution is -0.147. The van der Waals surface area contributed by atoms with Gasteiger partial charge in [-0.2, -0.15) is 0 Å². The molecule has 4 rings (SSSR count). The predicted molar refractivity (Wildman–Crippen MR) is 116 cm³/mol. The Bertz CT molecular complexity index is 1040. The summed E-state index contributed by atoms with van der Waals surface area (Å²) in [7, 11) is 1.51. The van der Waals surface area contributed by atoms with E-state index in [1.54, 1.807) is 11.8 Å². The fourth-order valence-corrected chi connectivity index (χ4v) is 5.21. The smallest absolute Gasteiger partial charge is 0.417 e. The third-order valence-corrected chi connectivity index (χ3v) is 6.93. The maximum atomic E-state index is 13.4. The minimum absolute atomic E-state index is 0.138. The van der Waals surface area contributed by atoms with Crippen molar-refractivity contribution >= 4 is 50.4 Å². The van der Waals surface area contributed by atoms with E-state index in [-0.39, 0.29) is 24.8 Å². The van der Waals surface area contributed by atoms with Gasteiger partial charge in [0.25, 0.3) is 5.91 Å². The van der Waals surface area contributed by atoms with E-state index in [0.717, 1.165) is 15.0 Å². The molecule has 0 saturated carbocycles. The van der Waals surface area contributed by atoms with Crippen molar-refractivity contribution in [2.75, 3.05) is 32.0 Å². The number of benzene rings is 1. The molecular weight excluding hydrogens is 420 g/mol. The summed E-state index contributed by atoms with van der Waals surface area (Å²) in [5.74, 6) is -0.429. The van der Waals surface area contributed by atoms with Crippen LogP contribution in [0.25, 0.3) is 10.1 Å². The fourth-order valence-electron chi connectivity index (χ4n) is 4.12. The Hall–Kier alpha value is -3.14. The standard InChI is InChI=1S/C21H24N4O5S/c1-3-25-15(26)12-21(30-20(25)29)8-10-24(11-9-21)18(27)16-13-6-4-5-7-14(13)31-17(16)23-19(28)22-2/h4-7H,3,8-12H2,1-2H3,(H2,22,23,28). The zero-order chi connectivity index (χ0) is 22.2. The second-order valence-electron chi connectivity index (χ2n) is 7.66. The Kier molecular flexibility index (Phi) is 5.57. The van der Waals surface area contributed by atoms with Crippen LogP contribution >= 0.6 is 11.3 Å². The van der Waals surface area contributed by atoms with E-state index in [0.29, 0.717) is 36.5 Å². The number of urea groups is 1. The predicted octanol–water partition coefficient (Wildman–Crippen LogP) is 3.02. The first-order chi connectivity index (χ1) is 14.9. The summed E-state index contributed by atoms with van der Waals surface area (Å²) < 4.78 is 6.53. The van der Waals surface area contributed by atoms with Gasteiger partial charge >= 0.3 is 12.1 Å². The molecule has 2 N–H and O–H groups in total. The largest absolute Gasteiger partial charge is 0.442 e. The average Bonchev–Trinajstić information content (AvgIpc) is 3.11. The lowest BCUT2D eigenvalue weighted by Crippen LogP contribution is -2.57. The number of anilines is 1. The molecular formula is C21H24N4O5S. The minimum Gasteiger partial charge on any atom is -0.442 e. The number of nitrogens with zero attached hydrogens (tertiary/aromatic N) is 2. The van der Waals surface area contributed by atoms with Gasteiger partial charge in [0.05, 0.1) is 12.0 Å². The normalized spacial score (nSPS) is 18.3. The van der Waals surface area contributed by atoms with E-state index in [9.17, 15) is 19.2 Å². The zero-order valence-electron chi connectivity index (χ0n) is 17.4. The molecule has 0 atom stereocenters. The highest BCUT2D eigenvalue weighted by Crippen LogP contribution is 2.39. The lowest BCUT2D eigenvalue weighted by atomic mass is 9.86. The van der Waals surface area contributed by atoms with Crippen LogP contribution < -0.4 is 10.6 Å². The number of rotatable bonds is 3. The molecule has 0 unspecified atom stereocenters. The maximum absolute atomic E-state index is 13.4. The maximum Gasteiger partial charge on any atom is 0.417 e. The summed E-state index contributed by atoms with van der Waals surface area (Å²) in [6, 6.07) is 7.11. The number of imide groups is 1. The van der Waals surface area contributed by atoms with E-state index in [4.69, 9.17) is 4.74 Å². The summed E-state index contributed by atoms with van der Waals surface area (Å²) in [5, 5.41) is 6.53. The first kappa shape index (κ1) is 21.1. The number of likely N-dealkylation sites (tertiary alicyclic amines) is 1. The Labute approximate surface area is 183 Å². The number of carbonyl (C=O) groups excluding carboxylic acids is 4. The van der Waals surface area contributed by atoms with Gasteiger partial charge in [0.2, 0.25) is 5.91 Å². The number of ether oxygens (including phenoxy) is 1. The van der Waals surface area contributed by atoms with Gasteiger partial charge in [-0.15, -0.1) is 11.3 Å². The molecule has 2 aliphatic rings. The van der Waals surface area contributed by atoms with E-state index in [2.05, 4.69) is 10.6 Å². The third-order valence-electron chi connectivity index (χ3n) is 5.84. The van der Waals surface area contributed by atoms with Crippen molar-refractivity contribution in [1.29, 1.82) is 0 Å². The molecule has 2 fully saturated rings. The molecule has 1 aromatic heterocycles.